The summed E-state index contributed by atoms with van der Waals surface area (Å²) in [5.74, 6) is 0.331. The third-order valence-electron chi connectivity index (χ3n) is 2.49. The average molecular weight is 286 g/mol. The molecule has 0 aromatic heterocycles. The summed E-state index contributed by atoms with van der Waals surface area (Å²) in [6.07, 6.45) is 1.15. The molecule has 18 heavy (non-hydrogen) atoms. The van der Waals surface area contributed by atoms with E-state index in [4.69, 9.17) is 0 Å². The van der Waals surface area contributed by atoms with Crippen LogP contribution in [0.1, 0.15) is 6.42 Å². The molecule has 98 valence electrons. The lowest BCUT2D eigenvalue weighted by molar-refractivity contribution is -0.119. The number of sulfonamides is 1. The van der Waals surface area contributed by atoms with E-state index in [2.05, 4.69) is 4.90 Å². The Bertz CT molecular complexity index is 557. The van der Waals surface area contributed by atoms with Crippen molar-refractivity contribution in [2.75, 3.05) is 23.6 Å². The molecule has 1 aromatic rings. The van der Waals surface area contributed by atoms with Crippen molar-refractivity contribution in [1.82, 2.24) is 4.72 Å². The molecule has 0 aliphatic carbocycles. The number of fused-ring (bicyclic) bond motifs is 1. The Morgan fingerprint density at radius 1 is 1.44 bits per heavy atom. The van der Waals surface area contributed by atoms with Crippen LogP contribution < -0.4 is 9.62 Å². The first kappa shape index (κ1) is 13.2. The zero-order valence-electron chi connectivity index (χ0n) is 9.92. The van der Waals surface area contributed by atoms with E-state index in [1.165, 1.54) is 4.90 Å². The zero-order valence-corrected chi connectivity index (χ0v) is 11.6. The second kappa shape index (κ2) is 5.19. The van der Waals surface area contributed by atoms with Crippen LogP contribution in [0.5, 0.6) is 0 Å². The number of rotatable bonds is 4. The highest BCUT2D eigenvalue weighted by atomic mass is 32.2. The first-order valence-electron chi connectivity index (χ1n) is 5.43. The Kier molecular flexibility index (Phi) is 3.82. The van der Waals surface area contributed by atoms with Crippen LogP contribution in [-0.4, -0.2) is 33.0 Å². The molecule has 1 heterocycles. The summed E-state index contributed by atoms with van der Waals surface area (Å²) in [7, 11) is -3.45. The van der Waals surface area contributed by atoms with Gasteiger partial charge in [0.2, 0.25) is 15.9 Å². The second-order valence-electron chi connectivity index (χ2n) is 4.05. The van der Waals surface area contributed by atoms with Crippen molar-refractivity contribution < 1.29 is 13.2 Å². The largest absolute Gasteiger partial charge is 0.360 e. The van der Waals surface area contributed by atoms with Crippen LogP contribution in [-0.2, 0) is 14.8 Å². The molecule has 1 aliphatic heterocycles. The number of carbonyl (C=O) groups is 1. The number of hydrogen-bond acceptors (Lipinski definition) is 5. The Morgan fingerprint density at radius 3 is 2.89 bits per heavy atom. The highest BCUT2D eigenvalue weighted by molar-refractivity contribution is 7.99. The fourth-order valence-corrected chi connectivity index (χ4v) is 3.34. The highest BCUT2D eigenvalue weighted by Gasteiger charge is 2.19. The van der Waals surface area contributed by atoms with E-state index in [0.29, 0.717) is 6.54 Å². The summed E-state index contributed by atoms with van der Waals surface area (Å²) in [4.78, 5) is 14.7. The minimum absolute atomic E-state index is 0.169. The van der Waals surface area contributed by atoms with Gasteiger partial charge in [-0.25, -0.2) is 8.42 Å². The molecular formula is C11H14N2O3S2. The Morgan fingerprint density at radius 2 is 2.17 bits per heavy atom. The van der Waals surface area contributed by atoms with Gasteiger partial charge in [0, 0.05) is 17.9 Å². The van der Waals surface area contributed by atoms with Crippen molar-refractivity contribution in [2.24, 2.45) is 0 Å². The second-order valence-corrected chi connectivity index (χ2v) is 6.79. The van der Waals surface area contributed by atoms with E-state index in [1.54, 1.807) is 11.8 Å². The van der Waals surface area contributed by atoms with Gasteiger partial charge in [-0.1, -0.05) is 12.1 Å². The van der Waals surface area contributed by atoms with Gasteiger partial charge in [-0.15, -0.1) is 11.8 Å². The summed E-state index contributed by atoms with van der Waals surface area (Å²) in [6.45, 7) is 0.519. The summed E-state index contributed by atoms with van der Waals surface area (Å²) in [5, 5.41) is 0. The lowest BCUT2D eigenvalue weighted by Gasteiger charge is -2.17. The molecule has 1 aliphatic rings. The lowest BCUT2D eigenvalue weighted by atomic mass is 10.3. The molecule has 7 heteroatoms. The quantitative estimate of drug-likeness (QED) is 0.895. The zero-order chi connectivity index (χ0) is 13.2. The summed E-state index contributed by atoms with van der Waals surface area (Å²) in [6, 6.07) is 7.97. The minimum Gasteiger partial charge on any atom is -0.360 e. The molecule has 1 amide bonds. The maximum atomic E-state index is 11.4. The van der Waals surface area contributed by atoms with Crippen LogP contribution in [0.3, 0.4) is 0 Å². The predicted molar refractivity (Wildman–Crippen MR) is 72.1 cm³/mol. The SMILES string of the molecule is CS(=O)(=O)NC(=O)CCN1CSc2ccccc21. The number of benzene rings is 1. The van der Waals surface area contributed by atoms with Gasteiger partial charge in [0.1, 0.15) is 0 Å². The van der Waals surface area contributed by atoms with E-state index in [9.17, 15) is 13.2 Å². The van der Waals surface area contributed by atoms with Gasteiger partial charge in [0.05, 0.1) is 17.8 Å². The smallest absolute Gasteiger partial charge is 0.235 e. The molecule has 0 saturated heterocycles. The van der Waals surface area contributed by atoms with Crippen molar-refractivity contribution in [3.8, 4) is 0 Å². The van der Waals surface area contributed by atoms with Crippen molar-refractivity contribution in [3.05, 3.63) is 24.3 Å². The average Bonchev–Trinajstić information content (AvgIpc) is 2.67. The molecule has 0 spiro atoms. The normalized spacial score (nSPS) is 14.4. The lowest BCUT2D eigenvalue weighted by Crippen LogP contribution is -2.32. The Labute approximate surface area is 111 Å². The first-order chi connectivity index (χ1) is 8.46. The number of carbonyl (C=O) groups excluding carboxylic acids is 1. The molecule has 0 saturated carbocycles. The fourth-order valence-electron chi connectivity index (χ4n) is 1.74. The van der Waals surface area contributed by atoms with E-state index >= 15 is 0 Å². The number of anilines is 1. The van der Waals surface area contributed by atoms with Crippen LogP contribution in [0.2, 0.25) is 0 Å². The van der Waals surface area contributed by atoms with Crippen LogP contribution in [0.25, 0.3) is 0 Å². The Balaban J connectivity index is 1.91. The van der Waals surface area contributed by atoms with Crippen LogP contribution in [0.15, 0.2) is 29.2 Å². The van der Waals surface area contributed by atoms with Gasteiger partial charge in [0.25, 0.3) is 0 Å². The number of thioether (sulfide) groups is 1. The molecule has 1 N–H and O–H groups in total. The van der Waals surface area contributed by atoms with Crippen LogP contribution in [0, 0.1) is 0 Å². The Hall–Kier alpha value is -1.21. The van der Waals surface area contributed by atoms with E-state index in [1.807, 2.05) is 29.0 Å². The minimum atomic E-state index is -3.45. The van der Waals surface area contributed by atoms with Gasteiger partial charge in [-0.2, -0.15) is 0 Å². The fraction of sp³-hybridized carbons (Fsp3) is 0.364. The van der Waals surface area contributed by atoms with Crippen molar-refractivity contribution in [1.29, 1.82) is 0 Å². The third-order valence-corrected chi connectivity index (χ3v) is 4.19. The molecule has 0 fully saturated rings. The molecule has 0 atom stereocenters. The van der Waals surface area contributed by atoms with Crippen molar-refractivity contribution in [3.63, 3.8) is 0 Å². The first-order valence-corrected chi connectivity index (χ1v) is 8.31. The van der Waals surface area contributed by atoms with Crippen LogP contribution >= 0.6 is 11.8 Å². The molecule has 0 unspecified atom stereocenters. The third kappa shape index (κ3) is 3.39. The number of amides is 1. The molecule has 0 bridgehead atoms. The van der Waals surface area contributed by atoms with Crippen molar-refractivity contribution >= 4 is 33.4 Å². The number of hydrogen-bond donors (Lipinski definition) is 1. The summed E-state index contributed by atoms with van der Waals surface area (Å²) >= 11 is 1.72. The standard InChI is InChI=1S/C11H14N2O3S2/c1-18(15,16)12-11(14)6-7-13-8-17-10-5-3-2-4-9(10)13/h2-5H,6-8H2,1H3,(H,12,14). The number of nitrogens with zero attached hydrogens (tertiary/aromatic N) is 1. The highest BCUT2D eigenvalue weighted by Crippen LogP contribution is 2.37. The number of nitrogens with one attached hydrogen (secondary N) is 1. The van der Waals surface area contributed by atoms with Gasteiger partial charge in [-0.3, -0.25) is 9.52 Å². The molecule has 0 radical (unpaired) electrons. The van der Waals surface area contributed by atoms with Crippen molar-refractivity contribution in [2.45, 2.75) is 11.3 Å². The van der Waals surface area contributed by atoms with Gasteiger partial charge >= 0.3 is 0 Å². The van der Waals surface area contributed by atoms with E-state index < -0.39 is 15.9 Å². The maximum Gasteiger partial charge on any atom is 0.235 e. The monoisotopic (exact) mass is 286 g/mol. The van der Waals surface area contributed by atoms with E-state index in [0.717, 1.165) is 17.8 Å². The summed E-state index contributed by atoms with van der Waals surface area (Å²) in [5.41, 5.74) is 1.11. The van der Waals surface area contributed by atoms with Gasteiger partial charge in [0.15, 0.2) is 0 Å². The molecule has 1 aromatic carbocycles. The van der Waals surface area contributed by atoms with Gasteiger partial charge in [-0.05, 0) is 12.1 Å². The maximum absolute atomic E-state index is 11.4. The summed E-state index contributed by atoms with van der Waals surface area (Å²) < 4.78 is 23.7. The number of para-hydroxylation sites is 1. The molecular weight excluding hydrogens is 272 g/mol. The molecule has 5 nitrogen and oxygen atoms in total. The predicted octanol–water partition coefficient (Wildman–Crippen LogP) is 1.02. The topological polar surface area (TPSA) is 66.5 Å². The van der Waals surface area contributed by atoms with Gasteiger partial charge < -0.3 is 4.90 Å². The van der Waals surface area contributed by atoms with Crippen LogP contribution in [0.4, 0.5) is 5.69 Å². The van der Waals surface area contributed by atoms with E-state index in [-0.39, 0.29) is 6.42 Å². The molecule has 2 rings (SSSR count).